The van der Waals surface area contributed by atoms with Gasteiger partial charge in [0.05, 0.1) is 14.7 Å². The molecule has 0 saturated heterocycles. The summed E-state index contributed by atoms with van der Waals surface area (Å²) in [6, 6.07) is 6.79. The summed E-state index contributed by atoms with van der Waals surface area (Å²) in [5.74, 6) is 0. The Morgan fingerprint density at radius 3 is 2.00 bits per heavy atom. The number of non-ortho nitro benzene ring substituents is 1. The summed E-state index contributed by atoms with van der Waals surface area (Å²) in [5, 5.41) is 10.6. The van der Waals surface area contributed by atoms with Crippen LogP contribution in [0.3, 0.4) is 0 Å². The summed E-state index contributed by atoms with van der Waals surface area (Å²) >= 11 is 0. The van der Waals surface area contributed by atoms with E-state index in [0.29, 0.717) is 0 Å². The van der Waals surface area contributed by atoms with Crippen molar-refractivity contribution < 1.29 is 26.3 Å². The van der Waals surface area contributed by atoms with Crippen LogP contribution in [0.2, 0.25) is 0 Å². The van der Waals surface area contributed by atoms with Crippen LogP contribution in [0, 0.1) is 10.1 Å². The van der Waals surface area contributed by atoms with Gasteiger partial charge in [0.25, 0.3) is 15.8 Å². The Bertz CT molecular complexity index is 981. The molecule has 11 heteroatoms. The second-order valence-electron chi connectivity index (χ2n) is 4.44. The molecule has 0 bridgehead atoms. The lowest BCUT2D eigenvalue weighted by atomic mass is 10.3. The third kappa shape index (κ3) is 3.31. The summed E-state index contributed by atoms with van der Waals surface area (Å²) < 4.78 is 56.9. The van der Waals surface area contributed by atoms with Crippen molar-refractivity contribution in [1.82, 2.24) is 0 Å². The smallest absolute Gasteiger partial charge is 0.295 e. The Morgan fingerprint density at radius 1 is 0.957 bits per heavy atom. The van der Waals surface area contributed by atoms with Crippen LogP contribution in [0.15, 0.2) is 57.2 Å². The van der Waals surface area contributed by atoms with Gasteiger partial charge in [-0.2, -0.15) is 8.42 Å². The zero-order valence-corrected chi connectivity index (χ0v) is 12.9. The first-order valence-electron chi connectivity index (χ1n) is 5.90. The minimum atomic E-state index is -4.84. The predicted molar refractivity (Wildman–Crippen MR) is 79.2 cm³/mol. The third-order valence-electron chi connectivity index (χ3n) is 2.89. The standard InChI is InChI=1S/C12H10N2O7S2/c13-8-1-6-11(12(7-8)23(19,20)21)22(17,18)10-4-2-9(3-5-10)14(15)16/h1-7H,13H2,(H,19,20,21). The largest absolute Gasteiger partial charge is 0.399 e. The van der Waals surface area contributed by atoms with Crippen LogP contribution in [-0.4, -0.2) is 26.3 Å². The molecule has 23 heavy (non-hydrogen) atoms. The molecule has 0 saturated carbocycles. The number of anilines is 1. The maximum absolute atomic E-state index is 12.5. The molecular formula is C12H10N2O7S2. The molecule has 3 N–H and O–H groups in total. The van der Waals surface area contributed by atoms with Crippen LogP contribution in [-0.2, 0) is 20.0 Å². The molecular weight excluding hydrogens is 348 g/mol. The van der Waals surface area contributed by atoms with Crippen LogP contribution in [0.1, 0.15) is 0 Å². The van der Waals surface area contributed by atoms with E-state index in [1.54, 1.807) is 0 Å². The molecule has 0 unspecified atom stereocenters. The van der Waals surface area contributed by atoms with Gasteiger partial charge in [0.1, 0.15) is 4.90 Å². The molecule has 0 aromatic heterocycles. The number of nitro groups is 1. The summed E-state index contributed by atoms with van der Waals surface area (Å²) in [4.78, 5) is 7.97. The molecule has 0 spiro atoms. The van der Waals surface area contributed by atoms with Crippen molar-refractivity contribution in [1.29, 1.82) is 0 Å². The van der Waals surface area contributed by atoms with E-state index in [1.165, 1.54) is 0 Å². The highest BCUT2D eigenvalue weighted by atomic mass is 32.2. The predicted octanol–water partition coefficient (Wildman–Crippen LogP) is 1.26. The summed E-state index contributed by atoms with van der Waals surface area (Å²) in [6.07, 6.45) is 0. The van der Waals surface area contributed by atoms with Gasteiger partial charge in [0, 0.05) is 17.8 Å². The lowest BCUT2D eigenvalue weighted by molar-refractivity contribution is -0.384. The fourth-order valence-corrected chi connectivity index (χ4v) is 4.39. The number of benzene rings is 2. The molecule has 0 aliphatic rings. The van der Waals surface area contributed by atoms with Gasteiger partial charge in [-0.25, -0.2) is 8.42 Å². The maximum Gasteiger partial charge on any atom is 0.295 e. The van der Waals surface area contributed by atoms with Gasteiger partial charge < -0.3 is 5.73 Å². The Labute approximate surface area is 131 Å². The molecule has 0 atom stereocenters. The van der Waals surface area contributed by atoms with Crippen LogP contribution in [0.5, 0.6) is 0 Å². The molecule has 2 rings (SSSR count). The van der Waals surface area contributed by atoms with Crippen molar-refractivity contribution in [3.8, 4) is 0 Å². The number of nitrogen functional groups attached to an aromatic ring is 1. The highest BCUT2D eigenvalue weighted by molar-refractivity contribution is 7.92. The van der Waals surface area contributed by atoms with Gasteiger partial charge in [-0.15, -0.1) is 0 Å². The van der Waals surface area contributed by atoms with Crippen LogP contribution >= 0.6 is 0 Å². The Hall–Kier alpha value is -2.50. The fraction of sp³-hybridized carbons (Fsp3) is 0. The first-order chi connectivity index (χ1) is 10.5. The highest BCUT2D eigenvalue weighted by Gasteiger charge is 2.27. The van der Waals surface area contributed by atoms with E-state index in [-0.39, 0.29) is 16.3 Å². The fourth-order valence-electron chi connectivity index (χ4n) is 1.82. The van der Waals surface area contributed by atoms with Crippen molar-refractivity contribution in [2.45, 2.75) is 14.7 Å². The number of nitrogens with two attached hydrogens (primary N) is 1. The van der Waals surface area contributed by atoms with Gasteiger partial charge in [-0.1, -0.05) is 0 Å². The first-order valence-corrected chi connectivity index (χ1v) is 8.82. The zero-order chi connectivity index (χ0) is 17.4. The first kappa shape index (κ1) is 16.9. The van der Waals surface area contributed by atoms with Crippen molar-refractivity contribution in [3.63, 3.8) is 0 Å². The minimum Gasteiger partial charge on any atom is -0.399 e. The Kier molecular flexibility index (Phi) is 4.11. The third-order valence-corrected chi connectivity index (χ3v) is 5.74. The van der Waals surface area contributed by atoms with E-state index >= 15 is 0 Å². The average Bonchev–Trinajstić information content (AvgIpc) is 2.46. The van der Waals surface area contributed by atoms with Crippen molar-refractivity contribution >= 4 is 31.3 Å². The average molecular weight is 358 g/mol. The molecule has 0 radical (unpaired) electrons. The van der Waals surface area contributed by atoms with E-state index in [2.05, 4.69) is 0 Å². The molecule has 0 fully saturated rings. The zero-order valence-electron chi connectivity index (χ0n) is 11.3. The molecule has 9 nitrogen and oxygen atoms in total. The number of sulfone groups is 1. The van der Waals surface area contributed by atoms with Crippen LogP contribution in [0.25, 0.3) is 0 Å². The number of hydrogen-bond donors (Lipinski definition) is 2. The van der Waals surface area contributed by atoms with Gasteiger partial charge in [-0.05, 0) is 30.3 Å². The van der Waals surface area contributed by atoms with Crippen LogP contribution in [0.4, 0.5) is 11.4 Å². The highest BCUT2D eigenvalue weighted by Crippen LogP contribution is 2.29. The summed E-state index contributed by atoms with van der Waals surface area (Å²) in [5.41, 5.74) is 5.04. The maximum atomic E-state index is 12.5. The SMILES string of the molecule is Nc1ccc(S(=O)(=O)c2ccc([N+](=O)[O-])cc2)c(S(=O)(=O)O)c1. The normalized spacial score (nSPS) is 12.0. The topological polar surface area (TPSA) is 158 Å². The van der Waals surface area contributed by atoms with E-state index in [0.717, 1.165) is 42.5 Å². The second kappa shape index (κ2) is 5.61. The van der Waals surface area contributed by atoms with Crippen LogP contribution < -0.4 is 5.73 Å². The lowest BCUT2D eigenvalue weighted by Crippen LogP contribution is -2.10. The summed E-state index contributed by atoms with van der Waals surface area (Å²) in [6.45, 7) is 0. The quantitative estimate of drug-likeness (QED) is 0.358. The van der Waals surface area contributed by atoms with E-state index in [9.17, 15) is 31.5 Å². The molecule has 2 aromatic carbocycles. The minimum absolute atomic E-state index is 0.0553. The van der Waals surface area contributed by atoms with Crippen molar-refractivity contribution in [3.05, 3.63) is 52.6 Å². The molecule has 122 valence electrons. The Morgan fingerprint density at radius 2 is 1.52 bits per heavy atom. The van der Waals surface area contributed by atoms with E-state index in [1.807, 2.05) is 0 Å². The monoisotopic (exact) mass is 358 g/mol. The van der Waals surface area contributed by atoms with E-state index in [4.69, 9.17) is 5.73 Å². The molecule has 2 aromatic rings. The summed E-state index contributed by atoms with van der Waals surface area (Å²) in [7, 11) is -9.17. The van der Waals surface area contributed by atoms with Crippen molar-refractivity contribution in [2.75, 3.05) is 5.73 Å². The molecule has 0 aliphatic heterocycles. The molecule has 0 heterocycles. The molecule has 0 amide bonds. The van der Waals surface area contributed by atoms with E-state index < -0.39 is 34.7 Å². The van der Waals surface area contributed by atoms with Crippen molar-refractivity contribution in [2.24, 2.45) is 0 Å². The lowest BCUT2D eigenvalue weighted by Gasteiger charge is -2.09. The van der Waals surface area contributed by atoms with Gasteiger partial charge in [0.15, 0.2) is 0 Å². The number of hydrogen-bond acceptors (Lipinski definition) is 7. The van der Waals surface area contributed by atoms with Gasteiger partial charge in [0.2, 0.25) is 9.84 Å². The number of nitrogens with zero attached hydrogens (tertiary/aromatic N) is 1. The number of rotatable bonds is 4. The van der Waals surface area contributed by atoms with Gasteiger partial charge in [-0.3, -0.25) is 14.7 Å². The second-order valence-corrected chi connectivity index (χ2v) is 7.74. The molecule has 0 aliphatic carbocycles. The van der Waals surface area contributed by atoms with Gasteiger partial charge >= 0.3 is 0 Å². The number of nitro benzene ring substituents is 1. The Balaban J connectivity index is 2.67.